The fraction of sp³-hybridized carbons (Fsp3) is 0.462. The summed E-state index contributed by atoms with van der Waals surface area (Å²) in [6.45, 7) is 4.14. The Hall–Kier alpha value is -1.49. The highest BCUT2D eigenvalue weighted by Gasteiger charge is 2.24. The summed E-state index contributed by atoms with van der Waals surface area (Å²) in [5.41, 5.74) is 0. The number of rotatable bonds is 2. The van der Waals surface area contributed by atoms with E-state index in [1.54, 1.807) is 12.4 Å². The van der Waals surface area contributed by atoms with Crippen molar-refractivity contribution in [1.82, 2.24) is 15.0 Å². The molecular weight excluding hydrogens is 244 g/mol. The third-order valence-corrected chi connectivity index (χ3v) is 4.32. The van der Waals surface area contributed by atoms with E-state index < -0.39 is 0 Å². The van der Waals surface area contributed by atoms with Crippen molar-refractivity contribution in [2.24, 2.45) is 0 Å². The number of aryl methyl sites for hydroxylation is 1. The van der Waals surface area contributed by atoms with Gasteiger partial charge in [-0.25, -0.2) is 15.0 Å². The molecule has 1 saturated heterocycles. The lowest BCUT2D eigenvalue weighted by molar-refractivity contribution is 0.502. The van der Waals surface area contributed by atoms with Gasteiger partial charge in [0, 0.05) is 42.5 Å². The van der Waals surface area contributed by atoms with Crippen LogP contribution in [0.4, 0.5) is 5.95 Å². The highest BCUT2D eigenvalue weighted by atomic mass is 32.1. The van der Waals surface area contributed by atoms with Crippen LogP contribution >= 0.6 is 11.3 Å². The lowest BCUT2D eigenvalue weighted by Gasteiger charge is -2.31. The second-order valence-corrected chi connectivity index (χ2v) is 5.91. The fourth-order valence-electron chi connectivity index (χ4n) is 2.38. The quantitative estimate of drug-likeness (QED) is 0.832. The second-order valence-electron chi connectivity index (χ2n) is 4.64. The number of anilines is 1. The summed E-state index contributed by atoms with van der Waals surface area (Å²) in [7, 11) is 0. The summed E-state index contributed by atoms with van der Waals surface area (Å²) in [5, 5.41) is 1.26. The summed E-state index contributed by atoms with van der Waals surface area (Å²) in [6, 6.07) is 1.86. The molecule has 3 rings (SSSR count). The zero-order valence-corrected chi connectivity index (χ0v) is 11.2. The number of piperidine rings is 1. The molecule has 2 aromatic heterocycles. The van der Waals surface area contributed by atoms with E-state index in [2.05, 4.69) is 26.8 Å². The third-order valence-electron chi connectivity index (χ3n) is 3.24. The fourth-order valence-corrected chi connectivity index (χ4v) is 3.28. The van der Waals surface area contributed by atoms with Crippen LogP contribution in [-0.2, 0) is 0 Å². The molecule has 5 heteroatoms. The van der Waals surface area contributed by atoms with Gasteiger partial charge in [-0.1, -0.05) is 0 Å². The molecule has 1 atom stereocenters. The highest BCUT2D eigenvalue weighted by Crippen LogP contribution is 2.30. The van der Waals surface area contributed by atoms with Gasteiger partial charge >= 0.3 is 0 Å². The standard InChI is InChI=1S/C13H16N4S/c1-10-8-16-12(18-10)11-4-2-7-17(9-11)13-14-5-3-6-15-13/h3,5-6,8,11H,2,4,7,9H2,1H3. The van der Waals surface area contributed by atoms with Gasteiger partial charge in [0.25, 0.3) is 0 Å². The maximum absolute atomic E-state index is 4.52. The molecule has 0 amide bonds. The molecule has 0 saturated carbocycles. The van der Waals surface area contributed by atoms with Crippen molar-refractivity contribution in [3.05, 3.63) is 34.5 Å². The topological polar surface area (TPSA) is 41.9 Å². The molecule has 1 unspecified atom stereocenters. The number of nitrogens with zero attached hydrogens (tertiary/aromatic N) is 4. The number of hydrogen-bond acceptors (Lipinski definition) is 5. The van der Waals surface area contributed by atoms with Crippen LogP contribution in [0, 0.1) is 6.92 Å². The monoisotopic (exact) mass is 260 g/mol. The molecule has 1 aliphatic heterocycles. The van der Waals surface area contributed by atoms with E-state index in [1.165, 1.54) is 22.7 Å². The van der Waals surface area contributed by atoms with Crippen LogP contribution in [0.15, 0.2) is 24.7 Å². The van der Waals surface area contributed by atoms with Crippen molar-refractivity contribution in [3.8, 4) is 0 Å². The van der Waals surface area contributed by atoms with E-state index in [4.69, 9.17) is 0 Å². The first-order valence-electron chi connectivity index (χ1n) is 6.27. The van der Waals surface area contributed by atoms with E-state index in [-0.39, 0.29) is 0 Å². The lowest BCUT2D eigenvalue weighted by atomic mass is 9.99. The molecule has 0 radical (unpaired) electrons. The molecule has 3 heterocycles. The molecule has 1 fully saturated rings. The lowest BCUT2D eigenvalue weighted by Crippen LogP contribution is -2.35. The second kappa shape index (κ2) is 5.02. The molecule has 1 aliphatic rings. The first-order chi connectivity index (χ1) is 8.83. The largest absolute Gasteiger partial charge is 0.340 e. The van der Waals surface area contributed by atoms with E-state index in [0.717, 1.165) is 19.0 Å². The highest BCUT2D eigenvalue weighted by molar-refractivity contribution is 7.11. The van der Waals surface area contributed by atoms with Gasteiger partial charge in [-0.15, -0.1) is 11.3 Å². The SMILES string of the molecule is Cc1cnc(C2CCCN(c3ncccn3)C2)s1. The van der Waals surface area contributed by atoms with Gasteiger partial charge in [-0.05, 0) is 25.8 Å². The molecule has 0 bridgehead atoms. The molecule has 0 spiro atoms. The van der Waals surface area contributed by atoms with Crippen LogP contribution in [0.2, 0.25) is 0 Å². The molecule has 0 aromatic carbocycles. The summed E-state index contributed by atoms with van der Waals surface area (Å²) in [4.78, 5) is 16.7. The van der Waals surface area contributed by atoms with Crippen molar-refractivity contribution in [2.45, 2.75) is 25.7 Å². The van der Waals surface area contributed by atoms with Crippen LogP contribution in [0.1, 0.15) is 28.6 Å². The Labute approximate surface area is 111 Å². The van der Waals surface area contributed by atoms with Crippen LogP contribution in [-0.4, -0.2) is 28.0 Å². The number of hydrogen-bond donors (Lipinski definition) is 0. The Morgan fingerprint density at radius 1 is 1.28 bits per heavy atom. The maximum atomic E-state index is 4.52. The molecule has 4 nitrogen and oxygen atoms in total. The van der Waals surface area contributed by atoms with Gasteiger partial charge < -0.3 is 4.90 Å². The third kappa shape index (κ3) is 2.36. The molecule has 0 aliphatic carbocycles. The summed E-state index contributed by atoms with van der Waals surface area (Å²) >= 11 is 1.81. The average Bonchev–Trinajstić information content (AvgIpc) is 2.87. The summed E-state index contributed by atoms with van der Waals surface area (Å²) in [5.74, 6) is 1.37. The predicted molar refractivity (Wildman–Crippen MR) is 73.1 cm³/mol. The van der Waals surface area contributed by atoms with Gasteiger partial charge in [-0.3, -0.25) is 0 Å². The summed E-state index contributed by atoms with van der Waals surface area (Å²) < 4.78 is 0. The van der Waals surface area contributed by atoms with Gasteiger partial charge in [-0.2, -0.15) is 0 Å². The van der Waals surface area contributed by atoms with Crippen LogP contribution in [0.25, 0.3) is 0 Å². The normalized spacial score (nSPS) is 20.1. The minimum Gasteiger partial charge on any atom is -0.340 e. The molecule has 2 aromatic rings. The average molecular weight is 260 g/mol. The van der Waals surface area contributed by atoms with Crippen molar-refractivity contribution in [2.75, 3.05) is 18.0 Å². The van der Waals surface area contributed by atoms with Crippen molar-refractivity contribution in [1.29, 1.82) is 0 Å². The Kier molecular flexibility index (Phi) is 3.23. The number of thiazole rings is 1. The maximum Gasteiger partial charge on any atom is 0.225 e. The van der Waals surface area contributed by atoms with E-state index in [9.17, 15) is 0 Å². The van der Waals surface area contributed by atoms with Crippen LogP contribution < -0.4 is 4.90 Å². The molecule has 94 valence electrons. The molecular formula is C13H16N4S. The van der Waals surface area contributed by atoms with Gasteiger partial charge in [0.2, 0.25) is 5.95 Å². The molecule has 0 N–H and O–H groups in total. The smallest absolute Gasteiger partial charge is 0.225 e. The summed E-state index contributed by atoms with van der Waals surface area (Å²) in [6.07, 6.45) is 7.98. The Balaban J connectivity index is 1.76. The van der Waals surface area contributed by atoms with E-state index >= 15 is 0 Å². The zero-order chi connectivity index (χ0) is 12.4. The number of aromatic nitrogens is 3. The minimum absolute atomic E-state index is 0.529. The zero-order valence-electron chi connectivity index (χ0n) is 10.4. The van der Waals surface area contributed by atoms with Gasteiger partial charge in [0.05, 0.1) is 5.01 Å². The van der Waals surface area contributed by atoms with Gasteiger partial charge in [0.15, 0.2) is 0 Å². The van der Waals surface area contributed by atoms with Crippen LogP contribution in [0.5, 0.6) is 0 Å². The Morgan fingerprint density at radius 3 is 2.83 bits per heavy atom. The Bertz CT molecular complexity index is 511. The first kappa shape index (κ1) is 11.6. The van der Waals surface area contributed by atoms with Crippen molar-refractivity contribution in [3.63, 3.8) is 0 Å². The minimum atomic E-state index is 0.529. The van der Waals surface area contributed by atoms with E-state index in [1.807, 2.05) is 23.6 Å². The van der Waals surface area contributed by atoms with Crippen LogP contribution in [0.3, 0.4) is 0 Å². The first-order valence-corrected chi connectivity index (χ1v) is 7.09. The van der Waals surface area contributed by atoms with Gasteiger partial charge in [0.1, 0.15) is 0 Å². The van der Waals surface area contributed by atoms with Crippen molar-refractivity contribution >= 4 is 17.3 Å². The molecule has 18 heavy (non-hydrogen) atoms. The Morgan fingerprint density at radius 2 is 2.11 bits per heavy atom. The predicted octanol–water partition coefficient (Wildman–Crippen LogP) is 2.63. The van der Waals surface area contributed by atoms with Crippen molar-refractivity contribution < 1.29 is 0 Å². The van der Waals surface area contributed by atoms with E-state index in [0.29, 0.717) is 5.92 Å².